The molecule has 0 unspecified atom stereocenters. The molecular formula is C13H16ClN3O. The molecule has 2 N–H and O–H groups in total. The number of benzene rings is 1. The van der Waals surface area contributed by atoms with Crippen LogP contribution in [0.2, 0.25) is 5.02 Å². The Bertz CT molecular complexity index is 589. The summed E-state index contributed by atoms with van der Waals surface area (Å²) in [5, 5.41) is 1.70. The zero-order valence-electron chi connectivity index (χ0n) is 10.5. The van der Waals surface area contributed by atoms with E-state index >= 15 is 0 Å². The van der Waals surface area contributed by atoms with Crippen molar-refractivity contribution in [2.45, 2.75) is 13.1 Å². The standard InChI is InChI=1S/C13H16ClN3O/c1-16(2)13(18)8-17-7-9(6-15)11-4-3-10(14)5-12(11)17/h3-5,7H,6,8,15H2,1-2H3. The van der Waals surface area contributed by atoms with Crippen LogP contribution in [0.5, 0.6) is 0 Å². The Hall–Kier alpha value is -1.52. The minimum atomic E-state index is 0.0375. The van der Waals surface area contributed by atoms with Crippen molar-refractivity contribution in [3.8, 4) is 0 Å². The summed E-state index contributed by atoms with van der Waals surface area (Å²) >= 11 is 6.00. The number of amides is 1. The number of halogens is 1. The molecule has 1 heterocycles. The van der Waals surface area contributed by atoms with Crippen LogP contribution in [-0.2, 0) is 17.9 Å². The minimum Gasteiger partial charge on any atom is -0.347 e. The number of hydrogen-bond acceptors (Lipinski definition) is 2. The fraction of sp³-hybridized carbons (Fsp3) is 0.308. The van der Waals surface area contributed by atoms with Gasteiger partial charge in [0.05, 0.1) is 5.52 Å². The molecule has 2 rings (SSSR count). The van der Waals surface area contributed by atoms with Crippen LogP contribution in [0.25, 0.3) is 10.9 Å². The SMILES string of the molecule is CN(C)C(=O)Cn1cc(CN)c2ccc(Cl)cc21. The topological polar surface area (TPSA) is 51.3 Å². The summed E-state index contributed by atoms with van der Waals surface area (Å²) in [7, 11) is 3.48. The van der Waals surface area contributed by atoms with Crippen LogP contribution in [-0.4, -0.2) is 29.5 Å². The molecule has 0 spiro atoms. The van der Waals surface area contributed by atoms with Gasteiger partial charge >= 0.3 is 0 Å². The van der Waals surface area contributed by atoms with E-state index in [0.717, 1.165) is 16.5 Å². The van der Waals surface area contributed by atoms with E-state index in [1.807, 2.05) is 29.0 Å². The van der Waals surface area contributed by atoms with E-state index in [0.29, 0.717) is 18.1 Å². The molecule has 1 aromatic heterocycles. The van der Waals surface area contributed by atoms with Crippen LogP contribution >= 0.6 is 11.6 Å². The van der Waals surface area contributed by atoms with Crippen molar-refractivity contribution >= 4 is 28.4 Å². The van der Waals surface area contributed by atoms with Crippen LogP contribution < -0.4 is 5.73 Å². The van der Waals surface area contributed by atoms with Gasteiger partial charge in [-0.3, -0.25) is 4.79 Å². The third-order valence-electron chi connectivity index (χ3n) is 2.95. The van der Waals surface area contributed by atoms with Gasteiger partial charge in [-0.15, -0.1) is 0 Å². The van der Waals surface area contributed by atoms with Crippen molar-refractivity contribution in [1.82, 2.24) is 9.47 Å². The van der Waals surface area contributed by atoms with Crippen molar-refractivity contribution < 1.29 is 4.79 Å². The maximum atomic E-state index is 11.8. The van der Waals surface area contributed by atoms with Gasteiger partial charge in [-0.05, 0) is 17.7 Å². The number of likely N-dealkylation sites (N-methyl/N-ethyl adjacent to an activating group) is 1. The van der Waals surface area contributed by atoms with E-state index < -0.39 is 0 Å². The van der Waals surface area contributed by atoms with Gasteiger partial charge in [0, 0.05) is 37.2 Å². The zero-order chi connectivity index (χ0) is 13.3. The Morgan fingerprint density at radius 3 is 2.78 bits per heavy atom. The molecule has 96 valence electrons. The number of rotatable bonds is 3. The largest absolute Gasteiger partial charge is 0.347 e. The molecule has 0 atom stereocenters. The van der Waals surface area contributed by atoms with Gasteiger partial charge in [-0.25, -0.2) is 0 Å². The zero-order valence-corrected chi connectivity index (χ0v) is 11.2. The summed E-state index contributed by atoms with van der Waals surface area (Å²) in [6, 6.07) is 5.64. The molecular weight excluding hydrogens is 250 g/mol. The van der Waals surface area contributed by atoms with E-state index in [4.69, 9.17) is 17.3 Å². The fourth-order valence-corrected chi connectivity index (χ4v) is 2.09. The molecule has 18 heavy (non-hydrogen) atoms. The molecule has 5 heteroatoms. The third kappa shape index (κ3) is 2.35. The lowest BCUT2D eigenvalue weighted by molar-refractivity contribution is -0.129. The molecule has 1 amide bonds. The van der Waals surface area contributed by atoms with Crippen LogP contribution in [0, 0.1) is 0 Å². The molecule has 0 saturated heterocycles. The van der Waals surface area contributed by atoms with Gasteiger partial charge in [0.15, 0.2) is 0 Å². The second-order valence-corrected chi connectivity index (χ2v) is 4.87. The highest BCUT2D eigenvalue weighted by atomic mass is 35.5. The monoisotopic (exact) mass is 265 g/mol. The highest BCUT2D eigenvalue weighted by molar-refractivity contribution is 6.31. The summed E-state index contributed by atoms with van der Waals surface area (Å²) in [5.74, 6) is 0.0375. The van der Waals surface area contributed by atoms with Gasteiger partial charge in [-0.2, -0.15) is 0 Å². The van der Waals surface area contributed by atoms with Crippen molar-refractivity contribution in [2.24, 2.45) is 5.73 Å². The predicted octanol–water partition coefficient (Wildman–Crippen LogP) is 1.84. The predicted molar refractivity (Wildman–Crippen MR) is 73.5 cm³/mol. The normalized spacial score (nSPS) is 10.9. The number of fused-ring (bicyclic) bond motifs is 1. The molecule has 0 aliphatic heterocycles. The molecule has 0 aliphatic carbocycles. The molecule has 0 saturated carbocycles. The first-order valence-electron chi connectivity index (χ1n) is 5.70. The molecule has 1 aromatic carbocycles. The lowest BCUT2D eigenvalue weighted by Crippen LogP contribution is -2.25. The lowest BCUT2D eigenvalue weighted by atomic mass is 10.2. The lowest BCUT2D eigenvalue weighted by Gasteiger charge is -2.11. The highest BCUT2D eigenvalue weighted by Gasteiger charge is 2.11. The molecule has 0 bridgehead atoms. The van der Waals surface area contributed by atoms with Crippen LogP contribution in [0.4, 0.5) is 0 Å². The van der Waals surface area contributed by atoms with E-state index in [9.17, 15) is 4.79 Å². The summed E-state index contributed by atoms with van der Waals surface area (Å²) in [4.78, 5) is 13.3. The van der Waals surface area contributed by atoms with Crippen LogP contribution in [0.15, 0.2) is 24.4 Å². The summed E-state index contributed by atoms with van der Waals surface area (Å²) in [5.41, 5.74) is 7.68. The first kappa shape index (κ1) is 12.9. The Morgan fingerprint density at radius 1 is 1.44 bits per heavy atom. The molecule has 0 aliphatic rings. The Kier molecular flexibility index (Phi) is 3.59. The Labute approximate surface area is 111 Å². The smallest absolute Gasteiger partial charge is 0.241 e. The first-order valence-corrected chi connectivity index (χ1v) is 6.08. The Balaban J connectivity index is 2.50. The fourth-order valence-electron chi connectivity index (χ4n) is 1.92. The highest BCUT2D eigenvalue weighted by Crippen LogP contribution is 2.24. The number of nitrogens with zero attached hydrogens (tertiary/aromatic N) is 2. The van der Waals surface area contributed by atoms with Gasteiger partial charge in [-0.1, -0.05) is 17.7 Å². The van der Waals surface area contributed by atoms with Gasteiger partial charge in [0.25, 0.3) is 0 Å². The summed E-state index contributed by atoms with van der Waals surface area (Å²) < 4.78 is 1.89. The van der Waals surface area contributed by atoms with Crippen LogP contribution in [0.1, 0.15) is 5.56 Å². The maximum absolute atomic E-state index is 11.8. The maximum Gasteiger partial charge on any atom is 0.241 e. The first-order chi connectivity index (χ1) is 8.52. The van der Waals surface area contributed by atoms with E-state index in [2.05, 4.69) is 0 Å². The average Bonchev–Trinajstić information content (AvgIpc) is 2.66. The number of carbonyl (C=O) groups is 1. The van der Waals surface area contributed by atoms with E-state index in [1.165, 1.54) is 0 Å². The van der Waals surface area contributed by atoms with Crippen molar-refractivity contribution in [2.75, 3.05) is 14.1 Å². The Morgan fingerprint density at radius 2 is 2.17 bits per heavy atom. The number of nitrogens with two attached hydrogens (primary N) is 1. The average molecular weight is 266 g/mol. The molecule has 4 nitrogen and oxygen atoms in total. The summed E-state index contributed by atoms with van der Waals surface area (Å²) in [6.45, 7) is 0.741. The molecule has 0 radical (unpaired) electrons. The van der Waals surface area contributed by atoms with Gasteiger partial charge in [0.2, 0.25) is 5.91 Å². The second-order valence-electron chi connectivity index (χ2n) is 4.44. The molecule has 2 aromatic rings. The van der Waals surface area contributed by atoms with Crippen molar-refractivity contribution in [3.63, 3.8) is 0 Å². The second kappa shape index (κ2) is 5.00. The van der Waals surface area contributed by atoms with Gasteiger partial charge < -0.3 is 15.2 Å². The minimum absolute atomic E-state index is 0.0375. The quantitative estimate of drug-likeness (QED) is 0.921. The molecule has 0 fully saturated rings. The van der Waals surface area contributed by atoms with E-state index in [1.54, 1.807) is 19.0 Å². The van der Waals surface area contributed by atoms with Crippen molar-refractivity contribution in [1.29, 1.82) is 0 Å². The van der Waals surface area contributed by atoms with Crippen LogP contribution in [0.3, 0.4) is 0 Å². The number of hydrogen-bond donors (Lipinski definition) is 1. The summed E-state index contributed by atoms with van der Waals surface area (Å²) in [6.07, 6.45) is 1.92. The number of aromatic nitrogens is 1. The van der Waals surface area contributed by atoms with Gasteiger partial charge in [0.1, 0.15) is 6.54 Å². The number of carbonyl (C=O) groups excluding carboxylic acids is 1. The third-order valence-corrected chi connectivity index (χ3v) is 3.19. The van der Waals surface area contributed by atoms with E-state index in [-0.39, 0.29) is 5.91 Å². The van der Waals surface area contributed by atoms with Crippen molar-refractivity contribution in [3.05, 3.63) is 35.0 Å².